The Morgan fingerprint density at radius 1 is 1.04 bits per heavy atom. The fraction of sp³-hybridized carbons (Fsp3) is 0.0526. The van der Waals surface area contributed by atoms with Crippen LogP contribution in [-0.2, 0) is 4.79 Å². The zero-order chi connectivity index (χ0) is 19.1. The van der Waals surface area contributed by atoms with Gasteiger partial charge in [0.2, 0.25) is 11.8 Å². The van der Waals surface area contributed by atoms with Crippen molar-refractivity contribution in [2.75, 3.05) is 11.9 Å². The first-order valence-corrected chi connectivity index (χ1v) is 8.77. The molecule has 0 unspecified atom stereocenters. The summed E-state index contributed by atoms with van der Waals surface area (Å²) >= 11 is 3.35. The van der Waals surface area contributed by atoms with E-state index in [-0.39, 0.29) is 23.9 Å². The van der Waals surface area contributed by atoms with E-state index in [1.54, 1.807) is 42.6 Å². The number of hydrogen-bond acceptors (Lipinski definition) is 5. The van der Waals surface area contributed by atoms with Crippen LogP contribution < -0.4 is 15.4 Å². The van der Waals surface area contributed by atoms with Gasteiger partial charge in [-0.2, -0.15) is 0 Å². The highest BCUT2D eigenvalue weighted by molar-refractivity contribution is 9.10. The molecule has 0 aliphatic heterocycles. The Kier molecular flexibility index (Phi) is 6.11. The maximum atomic E-state index is 12.4. The lowest BCUT2D eigenvalue weighted by Gasteiger charge is -2.10. The molecule has 0 atom stereocenters. The molecule has 0 saturated carbocycles. The standard InChI is InChI=1S/C19H15BrN4O3/c20-13-5-7-15(8-6-13)27-19-16(4-2-10-22-19)18(26)23-12-17(25)24-14-3-1-9-21-11-14/h1-11H,12H2,(H,23,26)(H,24,25). The first-order valence-electron chi connectivity index (χ1n) is 7.98. The average Bonchev–Trinajstić information content (AvgIpc) is 2.69. The summed E-state index contributed by atoms with van der Waals surface area (Å²) in [5, 5.41) is 5.20. The molecule has 2 aromatic heterocycles. The highest BCUT2D eigenvalue weighted by Gasteiger charge is 2.15. The third-order valence-electron chi connectivity index (χ3n) is 3.40. The summed E-state index contributed by atoms with van der Waals surface area (Å²) in [5.74, 6) is -0.127. The molecular weight excluding hydrogens is 412 g/mol. The summed E-state index contributed by atoms with van der Waals surface area (Å²) in [4.78, 5) is 32.4. The zero-order valence-corrected chi connectivity index (χ0v) is 15.6. The van der Waals surface area contributed by atoms with Crippen LogP contribution in [0.2, 0.25) is 0 Å². The highest BCUT2D eigenvalue weighted by atomic mass is 79.9. The van der Waals surface area contributed by atoms with Gasteiger partial charge in [-0.1, -0.05) is 15.9 Å². The van der Waals surface area contributed by atoms with Crippen LogP contribution in [0.3, 0.4) is 0 Å². The predicted octanol–water partition coefficient (Wildman–Crippen LogP) is 3.40. The second kappa shape index (κ2) is 8.91. The van der Waals surface area contributed by atoms with E-state index < -0.39 is 5.91 Å². The van der Waals surface area contributed by atoms with Crippen LogP contribution in [0.1, 0.15) is 10.4 Å². The minimum absolute atomic E-state index is 0.157. The summed E-state index contributed by atoms with van der Waals surface area (Å²) in [6.07, 6.45) is 4.65. The minimum Gasteiger partial charge on any atom is -0.438 e. The van der Waals surface area contributed by atoms with Gasteiger partial charge in [0.1, 0.15) is 11.3 Å². The number of benzene rings is 1. The number of nitrogens with one attached hydrogen (secondary N) is 2. The van der Waals surface area contributed by atoms with Crippen molar-refractivity contribution >= 4 is 33.4 Å². The summed E-state index contributed by atoms with van der Waals surface area (Å²) in [6, 6.07) is 13.8. The Morgan fingerprint density at radius 2 is 1.81 bits per heavy atom. The number of carbonyl (C=O) groups excluding carboxylic acids is 2. The lowest BCUT2D eigenvalue weighted by atomic mass is 10.2. The molecule has 0 bridgehead atoms. The van der Waals surface area contributed by atoms with Crippen molar-refractivity contribution in [2.24, 2.45) is 0 Å². The fourth-order valence-electron chi connectivity index (χ4n) is 2.16. The maximum absolute atomic E-state index is 12.4. The van der Waals surface area contributed by atoms with Crippen LogP contribution in [0, 0.1) is 0 Å². The van der Waals surface area contributed by atoms with E-state index in [0.29, 0.717) is 11.4 Å². The number of halogens is 1. The Morgan fingerprint density at radius 3 is 2.56 bits per heavy atom. The van der Waals surface area contributed by atoms with Crippen LogP contribution >= 0.6 is 15.9 Å². The Hall–Kier alpha value is -3.26. The molecule has 0 radical (unpaired) electrons. The summed E-state index contributed by atoms with van der Waals surface area (Å²) in [7, 11) is 0. The first kappa shape index (κ1) is 18.5. The van der Waals surface area contributed by atoms with Crippen molar-refractivity contribution in [3.8, 4) is 11.6 Å². The number of anilines is 1. The number of nitrogens with zero attached hydrogens (tertiary/aromatic N) is 2. The quantitative estimate of drug-likeness (QED) is 0.629. The van der Waals surface area contributed by atoms with Crippen molar-refractivity contribution in [1.29, 1.82) is 0 Å². The van der Waals surface area contributed by atoms with Crippen LogP contribution in [0.4, 0.5) is 5.69 Å². The average molecular weight is 427 g/mol. The maximum Gasteiger partial charge on any atom is 0.257 e. The lowest BCUT2D eigenvalue weighted by Crippen LogP contribution is -2.33. The van der Waals surface area contributed by atoms with Crippen LogP contribution in [0.15, 0.2) is 71.6 Å². The van der Waals surface area contributed by atoms with Gasteiger partial charge in [-0.25, -0.2) is 4.98 Å². The van der Waals surface area contributed by atoms with Gasteiger partial charge in [0.25, 0.3) is 5.91 Å². The number of aromatic nitrogens is 2. The number of hydrogen-bond donors (Lipinski definition) is 2. The van der Waals surface area contributed by atoms with Gasteiger partial charge in [0.15, 0.2) is 0 Å². The molecule has 2 N–H and O–H groups in total. The van der Waals surface area contributed by atoms with E-state index in [4.69, 9.17) is 4.74 Å². The molecular formula is C19H15BrN4O3. The molecule has 136 valence electrons. The molecule has 0 saturated heterocycles. The van der Waals surface area contributed by atoms with Crippen LogP contribution in [-0.4, -0.2) is 28.3 Å². The lowest BCUT2D eigenvalue weighted by molar-refractivity contribution is -0.115. The predicted molar refractivity (Wildman–Crippen MR) is 104 cm³/mol. The molecule has 0 spiro atoms. The molecule has 27 heavy (non-hydrogen) atoms. The zero-order valence-electron chi connectivity index (χ0n) is 14.1. The number of carbonyl (C=O) groups is 2. The minimum atomic E-state index is -0.462. The topological polar surface area (TPSA) is 93.2 Å². The third-order valence-corrected chi connectivity index (χ3v) is 3.93. The van der Waals surface area contributed by atoms with Crippen LogP contribution in [0.5, 0.6) is 11.6 Å². The van der Waals surface area contributed by atoms with Crippen molar-refractivity contribution in [1.82, 2.24) is 15.3 Å². The second-order valence-electron chi connectivity index (χ2n) is 5.38. The van der Waals surface area contributed by atoms with Gasteiger partial charge >= 0.3 is 0 Å². The van der Waals surface area contributed by atoms with Gasteiger partial charge < -0.3 is 15.4 Å². The number of pyridine rings is 2. The first-order chi connectivity index (χ1) is 13.1. The molecule has 0 aliphatic rings. The van der Waals surface area contributed by atoms with Crippen LogP contribution in [0.25, 0.3) is 0 Å². The Balaban J connectivity index is 1.63. The SMILES string of the molecule is O=C(CNC(=O)c1cccnc1Oc1ccc(Br)cc1)Nc1cccnc1. The second-order valence-corrected chi connectivity index (χ2v) is 6.30. The molecule has 0 aliphatic carbocycles. The van der Waals surface area contributed by atoms with Crippen molar-refractivity contribution < 1.29 is 14.3 Å². The summed E-state index contributed by atoms with van der Waals surface area (Å²) in [5.41, 5.74) is 0.784. The molecule has 2 amide bonds. The van der Waals surface area contributed by atoms with E-state index in [2.05, 4.69) is 36.5 Å². The summed E-state index contributed by atoms with van der Waals surface area (Å²) < 4.78 is 6.60. The van der Waals surface area contributed by atoms with Crippen molar-refractivity contribution in [3.63, 3.8) is 0 Å². The van der Waals surface area contributed by atoms with E-state index in [9.17, 15) is 9.59 Å². The van der Waals surface area contributed by atoms with E-state index in [0.717, 1.165) is 4.47 Å². The van der Waals surface area contributed by atoms with Gasteiger partial charge in [-0.15, -0.1) is 0 Å². The van der Waals surface area contributed by atoms with Gasteiger partial charge in [0.05, 0.1) is 18.4 Å². The van der Waals surface area contributed by atoms with Gasteiger partial charge in [-0.05, 0) is 48.5 Å². The molecule has 8 heteroatoms. The third kappa shape index (κ3) is 5.35. The highest BCUT2D eigenvalue weighted by Crippen LogP contribution is 2.24. The molecule has 1 aromatic carbocycles. The fourth-order valence-corrected chi connectivity index (χ4v) is 2.42. The monoisotopic (exact) mass is 426 g/mol. The Labute approximate surface area is 163 Å². The Bertz CT molecular complexity index is 933. The van der Waals surface area contributed by atoms with E-state index in [1.165, 1.54) is 12.4 Å². The molecule has 0 fully saturated rings. The molecule has 2 heterocycles. The largest absolute Gasteiger partial charge is 0.438 e. The smallest absolute Gasteiger partial charge is 0.257 e. The number of amides is 2. The molecule has 3 aromatic rings. The molecule has 3 rings (SSSR count). The van der Waals surface area contributed by atoms with Gasteiger partial charge in [-0.3, -0.25) is 14.6 Å². The van der Waals surface area contributed by atoms with Crippen molar-refractivity contribution in [3.05, 3.63) is 77.2 Å². The molecule has 7 nitrogen and oxygen atoms in total. The number of ether oxygens (including phenoxy) is 1. The van der Waals surface area contributed by atoms with Gasteiger partial charge in [0, 0.05) is 16.9 Å². The van der Waals surface area contributed by atoms with E-state index >= 15 is 0 Å². The van der Waals surface area contributed by atoms with E-state index in [1.807, 2.05) is 12.1 Å². The number of rotatable bonds is 6. The normalized spacial score (nSPS) is 10.1. The van der Waals surface area contributed by atoms with Crippen molar-refractivity contribution in [2.45, 2.75) is 0 Å². The summed E-state index contributed by atoms with van der Waals surface area (Å²) in [6.45, 7) is -0.194.